The number of hydrogen-bond donors (Lipinski definition) is 4. The van der Waals surface area contributed by atoms with E-state index in [4.69, 9.17) is 0 Å². The van der Waals surface area contributed by atoms with E-state index in [2.05, 4.69) is 53.4 Å². The second kappa shape index (κ2) is 9.31. The lowest BCUT2D eigenvalue weighted by Crippen LogP contribution is -2.67. The topological polar surface area (TPSA) is 89.8 Å². The fourth-order valence-corrected chi connectivity index (χ4v) is 12.0. The lowest BCUT2D eigenvalue weighted by molar-refractivity contribution is -0.246. The molecule has 5 nitrogen and oxygen atoms in total. The molecule has 0 heterocycles. The second-order valence-electron chi connectivity index (χ2n) is 15.8. The molecule has 0 aromatic carbocycles. The van der Waals surface area contributed by atoms with Gasteiger partial charge in [-0.05, 0) is 122 Å². The summed E-state index contributed by atoms with van der Waals surface area (Å²) in [7, 11) is 0. The van der Waals surface area contributed by atoms with E-state index in [1.807, 2.05) is 0 Å². The molecule has 5 aliphatic rings. The minimum Gasteiger partial charge on any atom is -0.394 e. The van der Waals surface area contributed by atoms with E-state index in [1.165, 1.54) is 24.8 Å². The first-order valence-electron chi connectivity index (χ1n) is 15.6. The van der Waals surface area contributed by atoms with Crippen molar-refractivity contribution in [2.24, 2.45) is 56.7 Å². The zero-order valence-electron chi connectivity index (χ0n) is 25.0. The Morgan fingerprint density at radius 3 is 2.18 bits per heavy atom. The van der Waals surface area contributed by atoms with Crippen LogP contribution in [0.25, 0.3) is 0 Å². The highest BCUT2D eigenvalue weighted by Crippen LogP contribution is 2.77. The third kappa shape index (κ3) is 3.62. The van der Waals surface area contributed by atoms with Crippen molar-refractivity contribution in [1.82, 2.24) is 5.32 Å². The highest BCUT2D eigenvalue weighted by atomic mass is 16.3. The number of allylic oxidation sites excluding steroid dienone is 1. The molecule has 0 aliphatic heterocycles. The van der Waals surface area contributed by atoms with Gasteiger partial charge in [-0.1, -0.05) is 46.8 Å². The molecule has 0 spiro atoms. The van der Waals surface area contributed by atoms with Gasteiger partial charge in [0.2, 0.25) is 5.91 Å². The monoisotopic (exact) mass is 529 g/mol. The maximum Gasteiger partial charge on any atom is 0.226 e. The number of amides is 1. The minimum atomic E-state index is -0.594. The number of aliphatic hydroxyl groups is 3. The summed E-state index contributed by atoms with van der Waals surface area (Å²) in [6.07, 6.45) is 10.4. The van der Waals surface area contributed by atoms with Crippen LogP contribution in [-0.2, 0) is 4.79 Å². The van der Waals surface area contributed by atoms with Crippen LogP contribution in [0.5, 0.6) is 0 Å². The number of hydrogen-bond acceptors (Lipinski definition) is 4. The predicted molar refractivity (Wildman–Crippen MR) is 151 cm³/mol. The van der Waals surface area contributed by atoms with E-state index in [0.29, 0.717) is 23.7 Å². The summed E-state index contributed by atoms with van der Waals surface area (Å²) in [6.45, 7) is 18.5. The molecule has 5 fully saturated rings. The zero-order valence-corrected chi connectivity index (χ0v) is 25.0. The third-order valence-electron chi connectivity index (χ3n) is 14.3. The van der Waals surface area contributed by atoms with Gasteiger partial charge >= 0.3 is 0 Å². The van der Waals surface area contributed by atoms with Crippen LogP contribution in [0.3, 0.4) is 0 Å². The highest BCUT2D eigenvalue weighted by molar-refractivity contribution is 5.84. The van der Waals surface area contributed by atoms with Crippen molar-refractivity contribution in [2.75, 3.05) is 13.2 Å². The van der Waals surface area contributed by atoms with Crippen molar-refractivity contribution in [3.05, 3.63) is 12.2 Å². The largest absolute Gasteiger partial charge is 0.394 e. The molecule has 0 aromatic rings. The number of rotatable bonds is 5. The van der Waals surface area contributed by atoms with Crippen LogP contribution in [0, 0.1) is 56.7 Å². The second-order valence-corrected chi connectivity index (χ2v) is 15.8. The van der Waals surface area contributed by atoms with Gasteiger partial charge in [-0.25, -0.2) is 0 Å². The first-order chi connectivity index (χ1) is 17.7. The SMILES string of the molecule is C=C(C)[C@@H]1CC[C@]2(C(=O)NC(CO)CO)CC[C@]3(C)[C@H](CC[C@@H]4[C@@]5(C)CC[C@H](O)C(C)(C)[C@@H]5CC[C@]43C)[C@@H]12. The number of carbonyl (C=O) groups is 1. The van der Waals surface area contributed by atoms with Gasteiger partial charge in [-0.3, -0.25) is 4.79 Å². The Morgan fingerprint density at radius 2 is 1.55 bits per heavy atom. The summed E-state index contributed by atoms with van der Waals surface area (Å²) in [5.41, 5.74) is 1.35. The molecule has 38 heavy (non-hydrogen) atoms. The summed E-state index contributed by atoms with van der Waals surface area (Å²) < 4.78 is 0. The highest BCUT2D eigenvalue weighted by Gasteiger charge is 2.71. The Kier molecular flexibility index (Phi) is 7.01. The summed E-state index contributed by atoms with van der Waals surface area (Å²) in [4.78, 5) is 14.0. The average Bonchev–Trinajstić information content (AvgIpc) is 3.27. The number of aliphatic hydroxyl groups excluding tert-OH is 3. The quantitative estimate of drug-likeness (QED) is 0.355. The van der Waals surface area contributed by atoms with Crippen LogP contribution in [-0.4, -0.2) is 46.6 Å². The molecule has 0 aromatic heterocycles. The van der Waals surface area contributed by atoms with Crippen molar-refractivity contribution >= 4 is 5.91 Å². The van der Waals surface area contributed by atoms with E-state index >= 15 is 0 Å². The van der Waals surface area contributed by atoms with E-state index in [9.17, 15) is 20.1 Å². The summed E-state index contributed by atoms with van der Waals surface area (Å²) in [5, 5.41) is 33.4. The lowest BCUT2D eigenvalue weighted by atomic mass is 9.32. The van der Waals surface area contributed by atoms with Crippen LogP contribution in [0.1, 0.15) is 106 Å². The molecular formula is C33H55NO4. The van der Waals surface area contributed by atoms with E-state index in [-0.39, 0.29) is 52.8 Å². The van der Waals surface area contributed by atoms with E-state index in [0.717, 1.165) is 44.9 Å². The summed E-state index contributed by atoms with van der Waals surface area (Å²) in [5.74, 6) is 2.33. The van der Waals surface area contributed by atoms with Gasteiger partial charge in [-0.2, -0.15) is 0 Å². The van der Waals surface area contributed by atoms with Gasteiger partial charge in [0, 0.05) is 0 Å². The molecule has 5 rings (SSSR count). The van der Waals surface area contributed by atoms with Crippen LogP contribution in [0.4, 0.5) is 0 Å². The van der Waals surface area contributed by atoms with Crippen LogP contribution in [0.2, 0.25) is 0 Å². The Morgan fingerprint density at radius 1 is 0.868 bits per heavy atom. The molecule has 4 N–H and O–H groups in total. The van der Waals surface area contributed by atoms with Gasteiger partial charge in [0.15, 0.2) is 0 Å². The maximum absolute atomic E-state index is 14.0. The van der Waals surface area contributed by atoms with Crippen molar-refractivity contribution in [3.8, 4) is 0 Å². The number of fused-ring (bicyclic) bond motifs is 7. The molecule has 216 valence electrons. The van der Waals surface area contributed by atoms with E-state index in [1.54, 1.807) is 0 Å². The standard InChI is InChI=1S/C33H55NO4/c1-20(2)22-10-15-33(28(38)34-21(18-35)19-36)17-16-31(6)23(27(22)33)8-9-25-30(5)13-12-26(37)29(3,4)24(30)11-14-32(25,31)7/h21-27,35-37H,1,8-19H2,2-7H3,(H,34,38)/t22-,23+,24-,25+,26-,27+,30-,31+,32+,33-/m0/s1. The molecule has 0 bridgehead atoms. The fourth-order valence-electron chi connectivity index (χ4n) is 12.0. The lowest BCUT2D eigenvalue weighted by Gasteiger charge is -2.72. The zero-order chi connectivity index (χ0) is 27.9. The molecular weight excluding hydrogens is 474 g/mol. The van der Waals surface area contributed by atoms with Crippen molar-refractivity contribution in [3.63, 3.8) is 0 Å². The molecule has 5 heteroatoms. The summed E-state index contributed by atoms with van der Waals surface area (Å²) >= 11 is 0. The van der Waals surface area contributed by atoms with Gasteiger partial charge in [0.1, 0.15) is 0 Å². The Bertz CT molecular complexity index is 959. The normalized spacial score (nSPS) is 49.4. The smallest absolute Gasteiger partial charge is 0.226 e. The van der Waals surface area contributed by atoms with E-state index < -0.39 is 11.5 Å². The van der Waals surface area contributed by atoms with Crippen molar-refractivity contribution < 1.29 is 20.1 Å². The number of carbonyl (C=O) groups excluding carboxylic acids is 1. The molecule has 5 saturated carbocycles. The van der Waals surface area contributed by atoms with Crippen molar-refractivity contribution in [2.45, 2.75) is 118 Å². The Balaban J connectivity index is 1.53. The Hall–Kier alpha value is -0.910. The van der Waals surface area contributed by atoms with Gasteiger partial charge < -0.3 is 20.6 Å². The van der Waals surface area contributed by atoms with Crippen LogP contribution in [0.15, 0.2) is 12.2 Å². The molecule has 5 aliphatic carbocycles. The first kappa shape index (κ1) is 28.6. The van der Waals surface area contributed by atoms with Crippen LogP contribution >= 0.6 is 0 Å². The molecule has 1 amide bonds. The van der Waals surface area contributed by atoms with Crippen LogP contribution < -0.4 is 5.32 Å². The summed E-state index contributed by atoms with van der Waals surface area (Å²) in [6, 6.07) is -0.594. The molecule has 0 unspecified atom stereocenters. The minimum absolute atomic E-state index is 0.0433. The third-order valence-corrected chi connectivity index (χ3v) is 14.3. The molecule has 10 atom stereocenters. The molecule has 0 saturated heterocycles. The average molecular weight is 530 g/mol. The fraction of sp³-hybridized carbons (Fsp3) is 0.909. The van der Waals surface area contributed by atoms with Gasteiger partial charge in [0.25, 0.3) is 0 Å². The molecule has 0 radical (unpaired) electrons. The predicted octanol–water partition coefficient (Wildman–Crippen LogP) is 5.47. The van der Waals surface area contributed by atoms with Gasteiger partial charge in [-0.15, -0.1) is 0 Å². The van der Waals surface area contributed by atoms with Crippen molar-refractivity contribution in [1.29, 1.82) is 0 Å². The number of nitrogens with one attached hydrogen (secondary N) is 1. The van der Waals surface area contributed by atoms with Gasteiger partial charge in [0.05, 0.1) is 30.8 Å². The maximum atomic E-state index is 14.0. The first-order valence-corrected chi connectivity index (χ1v) is 15.6. The Labute approximate surface area is 231 Å².